The lowest BCUT2D eigenvalue weighted by atomic mass is 10.1. The number of aliphatic carboxylic acids is 1. The molecule has 1 unspecified atom stereocenters. The number of carboxylic acid groups (broad SMARTS) is 1. The van der Waals surface area contributed by atoms with E-state index in [0.29, 0.717) is 15.8 Å². The van der Waals surface area contributed by atoms with Crippen molar-refractivity contribution in [2.45, 2.75) is 25.1 Å². The molecule has 1 amide bonds. The summed E-state index contributed by atoms with van der Waals surface area (Å²) < 4.78 is 42.5. The van der Waals surface area contributed by atoms with Gasteiger partial charge < -0.3 is 15.2 Å². The second kappa shape index (κ2) is 7.48. The zero-order valence-corrected chi connectivity index (χ0v) is 13.0. The lowest BCUT2D eigenvalue weighted by Gasteiger charge is -2.17. The van der Waals surface area contributed by atoms with Gasteiger partial charge >= 0.3 is 12.1 Å². The first-order valence-electron chi connectivity index (χ1n) is 6.03. The van der Waals surface area contributed by atoms with Crippen LogP contribution in [0.4, 0.5) is 13.2 Å². The Morgan fingerprint density at radius 2 is 2.05 bits per heavy atom. The molecule has 0 aliphatic rings. The third-order valence-corrected chi connectivity index (χ3v) is 3.16. The van der Waals surface area contributed by atoms with Crippen LogP contribution in [0.1, 0.15) is 12.0 Å². The van der Waals surface area contributed by atoms with E-state index < -0.39 is 30.5 Å². The molecule has 0 fully saturated rings. The second-order valence-corrected chi connectivity index (χ2v) is 5.33. The largest absolute Gasteiger partial charge is 0.496 e. The standard InChI is InChI=1S/C13H13BrF3NO4/c1-22-10-3-2-8(14)4-7(10)5-11(19)18-9(12(20)21)6-13(15,16)17/h2-4,9H,5-6H2,1H3,(H,18,19)(H,20,21). The van der Waals surface area contributed by atoms with Crippen molar-refractivity contribution < 1.29 is 32.6 Å². The van der Waals surface area contributed by atoms with Crippen molar-refractivity contribution in [2.75, 3.05) is 7.11 Å². The summed E-state index contributed by atoms with van der Waals surface area (Å²) in [6, 6.07) is 2.80. The molecule has 1 aromatic rings. The average Bonchev–Trinajstić information content (AvgIpc) is 2.36. The molecule has 0 aliphatic carbocycles. The Kier molecular flexibility index (Phi) is 6.21. The number of benzene rings is 1. The third kappa shape index (κ3) is 5.92. The molecule has 22 heavy (non-hydrogen) atoms. The van der Waals surface area contributed by atoms with Gasteiger partial charge in [-0.25, -0.2) is 4.79 Å². The lowest BCUT2D eigenvalue weighted by Crippen LogP contribution is -2.44. The van der Waals surface area contributed by atoms with Crippen LogP contribution in [0, 0.1) is 0 Å². The highest BCUT2D eigenvalue weighted by Crippen LogP contribution is 2.24. The fourth-order valence-corrected chi connectivity index (χ4v) is 2.14. The number of ether oxygens (including phenoxy) is 1. The molecule has 0 saturated carbocycles. The molecule has 0 saturated heterocycles. The molecule has 2 N–H and O–H groups in total. The molecule has 1 aromatic carbocycles. The number of nitrogens with one attached hydrogen (secondary N) is 1. The highest BCUT2D eigenvalue weighted by molar-refractivity contribution is 9.10. The summed E-state index contributed by atoms with van der Waals surface area (Å²) in [5, 5.41) is 10.6. The number of carbonyl (C=O) groups is 2. The van der Waals surface area contributed by atoms with Crippen molar-refractivity contribution in [1.82, 2.24) is 5.32 Å². The Morgan fingerprint density at radius 3 is 2.55 bits per heavy atom. The summed E-state index contributed by atoms with van der Waals surface area (Å²) >= 11 is 3.20. The maximum Gasteiger partial charge on any atom is 0.391 e. The van der Waals surface area contributed by atoms with Crippen molar-refractivity contribution in [3.63, 3.8) is 0 Å². The van der Waals surface area contributed by atoms with Crippen LogP contribution in [0.15, 0.2) is 22.7 Å². The third-order valence-electron chi connectivity index (χ3n) is 2.66. The maximum absolute atomic E-state index is 12.3. The summed E-state index contributed by atoms with van der Waals surface area (Å²) in [7, 11) is 1.38. The van der Waals surface area contributed by atoms with Gasteiger partial charge in [0, 0.05) is 10.0 Å². The quantitative estimate of drug-likeness (QED) is 0.791. The highest BCUT2D eigenvalue weighted by atomic mass is 79.9. The fourth-order valence-electron chi connectivity index (χ4n) is 1.74. The Bertz CT molecular complexity index is 563. The minimum absolute atomic E-state index is 0.301. The van der Waals surface area contributed by atoms with Gasteiger partial charge in [-0.05, 0) is 18.2 Å². The number of alkyl halides is 3. The summed E-state index contributed by atoms with van der Waals surface area (Å²) in [6.45, 7) is 0. The van der Waals surface area contributed by atoms with Crippen LogP contribution >= 0.6 is 15.9 Å². The molecule has 122 valence electrons. The van der Waals surface area contributed by atoms with Crippen LogP contribution in [0.3, 0.4) is 0 Å². The Morgan fingerprint density at radius 1 is 1.41 bits per heavy atom. The molecule has 9 heteroatoms. The van der Waals surface area contributed by atoms with Gasteiger partial charge in [-0.15, -0.1) is 0 Å². The second-order valence-electron chi connectivity index (χ2n) is 4.41. The fraction of sp³-hybridized carbons (Fsp3) is 0.385. The number of amides is 1. The smallest absolute Gasteiger partial charge is 0.391 e. The molecular formula is C13H13BrF3NO4. The van der Waals surface area contributed by atoms with Crippen LogP contribution < -0.4 is 10.1 Å². The zero-order valence-electron chi connectivity index (χ0n) is 11.4. The zero-order chi connectivity index (χ0) is 16.9. The molecule has 1 atom stereocenters. The van der Waals surface area contributed by atoms with Crippen molar-refractivity contribution in [3.05, 3.63) is 28.2 Å². The van der Waals surface area contributed by atoms with E-state index in [1.54, 1.807) is 18.2 Å². The van der Waals surface area contributed by atoms with Crippen molar-refractivity contribution in [1.29, 1.82) is 0 Å². The van der Waals surface area contributed by atoms with Crippen molar-refractivity contribution in [3.8, 4) is 5.75 Å². The number of methoxy groups -OCH3 is 1. The SMILES string of the molecule is COc1ccc(Br)cc1CC(=O)NC(CC(F)(F)F)C(=O)O. The molecule has 1 rings (SSSR count). The van der Waals surface area contributed by atoms with Gasteiger partial charge in [0.05, 0.1) is 20.0 Å². The topological polar surface area (TPSA) is 75.6 Å². The van der Waals surface area contributed by atoms with E-state index in [-0.39, 0.29) is 6.42 Å². The first kappa shape index (κ1) is 18.3. The minimum Gasteiger partial charge on any atom is -0.496 e. The van der Waals surface area contributed by atoms with E-state index in [2.05, 4.69) is 15.9 Å². The monoisotopic (exact) mass is 383 g/mol. The van der Waals surface area contributed by atoms with E-state index in [4.69, 9.17) is 9.84 Å². The Labute approximate surface area is 132 Å². The molecule has 0 radical (unpaired) electrons. The first-order chi connectivity index (χ1) is 10.1. The number of hydrogen-bond donors (Lipinski definition) is 2. The average molecular weight is 384 g/mol. The van der Waals surface area contributed by atoms with Gasteiger partial charge in [-0.1, -0.05) is 15.9 Å². The van der Waals surface area contributed by atoms with Gasteiger partial charge in [0.1, 0.15) is 11.8 Å². The van der Waals surface area contributed by atoms with Crippen LogP contribution in [0.5, 0.6) is 5.75 Å². The summed E-state index contributed by atoms with van der Waals surface area (Å²) in [5.74, 6) is -2.21. The molecule has 0 heterocycles. The van der Waals surface area contributed by atoms with Gasteiger partial charge in [0.15, 0.2) is 0 Å². The molecule has 0 aromatic heterocycles. The number of rotatable bonds is 6. The molecule has 0 spiro atoms. The van der Waals surface area contributed by atoms with Gasteiger partial charge in [0.2, 0.25) is 5.91 Å². The van der Waals surface area contributed by atoms with E-state index >= 15 is 0 Å². The van der Waals surface area contributed by atoms with Crippen molar-refractivity contribution >= 4 is 27.8 Å². The molecule has 0 aliphatic heterocycles. The number of hydrogen-bond acceptors (Lipinski definition) is 3. The summed E-state index contributed by atoms with van der Waals surface area (Å²) in [6.07, 6.45) is -6.63. The lowest BCUT2D eigenvalue weighted by molar-refractivity contribution is -0.159. The van der Waals surface area contributed by atoms with Crippen LogP contribution in [0.2, 0.25) is 0 Å². The van der Waals surface area contributed by atoms with E-state index in [0.717, 1.165) is 0 Å². The summed E-state index contributed by atoms with van der Waals surface area (Å²) in [5.41, 5.74) is 0.422. The highest BCUT2D eigenvalue weighted by Gasteiger charge is 2.36. The van der Waals surface area contributed by atoms with Crippen LogP contribution in [0.25, 0.3) is 0 Å². The number of halogens is 4. The molecule has 5 nitrogen and oxygen atoms in total. The Balaban J connectivity index is 2.80. The minimum atomic E-state index is -4.69. The molecular weight excluding hydrogens is 371 g/mol. The number of carbonyl (C=O) groups excluding carboxylic acids is 1. The van der Waals surface area contributed by atoms with Crippen LogP contribution in [-0.4, -0.2) is 36.3 Å². The molecule has 0 bridgehead atoms. The van der Waals surface area contributed by atoms with Crippen molar-refractivity contribution in [2.24, 2.45) is 0 Å². The summed E-state index contributed by atoms with van der Waals surface area (Å²) in [4.78, 5) is 22.6. The van der Waals surface area contributed by atoms with Crippen LogP contribution in [-0.2, 0) is 16.0 Å². The van der Waals surface area contributed by atoms with E-state index in [1.807, 2.05) is 5.32 Å². The predicted octanol–water partition coefficient (Wildman–Crippen LogP) is 2.52. The van der Waals surface area contributed by atoms with Gasteiger partial charge in [-0.3, -0.25) is 4.79 Å². The Hall–Kier alpha value is -1.77. The van der Waals surface area contributed by atoms with Gasteiger partial charge in [0.25, 0.3) is 0 Å². The maximum atomic E-state index is 12.3. The predicted molar refractivity (Wildman–Crippen MR) is 74.6 cm³/mol. The van der Waals surface area contributed by atoms with E-state index in [1.165, 1.54) is 7.11 Å². The first-order valence-corrected chi connectivity index (χ1v) is 6.83. The number of carboxylic acids is 1. The van der Waals surface area contributed by atoms with Gasteiger partial charge in [-0.2, -0.15) is 13.2 Å². The normalized spacial score (nSPS) is 12.6. The van der Waals surface area contributed by atoms with E-state index in [9.17, 15) is 22.8 Å².